The van der Waals surface area contributed by atoms with E-state index in [0.717, 1.165) is 16.0 Å². The second-order valence-corrected chi connectivity index (χ2v) is 10.6. The summed E-state index contributed by atoms with van der Waals surface area (Å²) in [5.41, 5.74) is 1.36. The Labute approximate surface area is 212 Å². The van der Waals surface area contributed by atoms with E-state index in [4.69, 9.17) is 0 Å². The molecule has 2 unspecified atom stereocenters. The van der Waals surface area contributed by atoms with Crippen molar-refractivity contribution in [2.75, 3.05) is 0 Å². The van der Waals surface area contributed by atoms with Crippen LogP contribution in [0.1, 0.15) is 83.2 Å². The first-order valence-electron chi connectivity index (χ1n) is 12.0. The van der Waals surface area contributed by atoms with E-state index in [-0.39, 0.29) is 16.8 Å². The molecule has 3 aromatic rings. The lowest BCUT2D eigenvalue weighted by Crippen LogP contribution is -2.34. The van der Waals surface area contributed by atoms with Gasteiger partial charge in [0, 0.05) is 16.0 Å². The Balaban J connectivity index is 1.96. The molecule has 0 aromatic heterocycles. The lowest BCUT2D eigenvalue weighted by molar-refractivity contribution is 0.0390. The third-order valence-electron chi connectivity index (χ3n) is 6.58. The summed E-state index contributed by atoms with van der Waals surface area (Å²) >= 11 is 1.68. The fourth-order valence-electron chi connectivity index (χ4n) is 3.64. The minimum Gasteiger partial charge on any atom is -0.382 e. The van der Waals surface area contributed by atoms with Crippen molar-refractivity contribution in [3.63, 3.8) is 0 Å². The summed E-state index contributed by atoms with van der Waals surface area (Å²) in [5, 5.41) is 20.7. The molecule has 5 heteroatoms. The molecular weight excluding hydrogens is 456 g/mol. The van der Waals surface area contributed by atoms with Crippen LogP contribution in [0.15, 0.2) is 77.7 Å². The van der Waals surface area contributed by atoms with E-state index >= 15 is 0 Å². The van der Waals surface area contributed by atoms with Gasteiger partial charge in [0.25, 0.3) is 0 Å². The van der Waals surface area contributed by atoms with E-state index in [2.05, 4.69) is 24.3 Å². The summed E-state index contributed by atoms with van der Waals surface area (Å²) in [6.07, 6.45) is 0.685. The standard InChI is InChI=1S/C30H34O4S/c1-6-29(4,33)27(31)23-14-10-21(11-15-23)26(35-25-18-8-20(3)9-19-25)22-12-16-24(17-13-22)28(32)30(5,34)7-2/h8-19,26,33-34H,6-7H2,1-5H3. The molecule has 2 N–H and O–H groups in total. The van der Waals surface area contributed by atoms with Crippen molar-refractivity contribution in [2.45, 2.75) is 68.8 Å². The number of hydrogen-bond donors (Lipinski definition) is 2. The van der Waals surface area contributed by atoms with Gasteiger partial charge < -0.3 is 10.2 Å². The average Bonchev–Trinajstić information content (AvgIpc) is 2.87. The zero-order valence-corrected chi connectivity index (χ0v) is 21.9. The minimum atomic E-state index is -1.39. The van der Waals surface area contributed by atoms with E-state index in [9.17, 15) is 19.8 Å². The van der Waals surface area contributed by atoms with Crippen molar-refractivity contribution in [3.05, 3.63) is 101 Å². The predicted molar refractivity (Wildman–Crippen MR) is 142 cm³/mol. The minimum absolute atomic E-state index is 0.0793. The molecule has 0 aliphatic heterocycles. The molecule has 3 rings (SSSR count). The summed E-state index contributed by atoms with van der Waals surface area (Å²) in [4.78, 5) is 26.4. The number of thioether (sulfide) groups is 1. The Hall–Kier alpha value is -2.73. The van der Waals surface area contributed by atoms with Crippen molar-refractivity contribution < 1.29 is 19.8 Å². The normalized spacial score (nSPS) is 15.6. The number of Topliss-reactive ketones (excluding diaryl/α,β-unsaturated/α-hetero) is 2. The maximum absolute atomic E-state index is 12.7. The lowest BCUT2D eigenvalue weighted by atomic mass is 9.90. The van der Waals surface area contributed by atoms with Gasteiger partial charge >= 0.3 is 0 Å². The molecule has 0 aliphatic rings. The first-order chi connectivity index (χ1) is 16.5. The van der Waals surface area contributed by atoms with E-state index in [1.807, 2.05) is 31.2 Å². The SMILES string of the molecule is CCC(C)(O)C(=O)c1ccc(C(Sc2ccc(C)cc2)c2ccc(C(=O)C(C)(O)CC)cc2)cc1. The molecule has 3 aromatic carbocycles. The predicted octanol–water partition coefficient (Wildman–Crippen LogP) is 6.56. The number of ketones is 2. The highest BCUT2D eigenvalue weighted by atomic mass is 32.2. The fraction of sp³-hybridized carbons (Fsp3) is 0.333. The number of carbonyl (C=O) groups excluding carboxylic acids is 2. The topological polar surface area (TPSA) is 74.6 Å². The molecule has 0 saturated carbocycles. The van der Waals surface area contributed by atoms with Crippen molar-refractivity contribution in [2.24, 2.45) is 0 Å². The third kappa shape index (κ3) is 6.29. The number of aliphatic hydroxyl groups is 2. The maximum atomic E-state index is 12.7. The molecule has 184 valence electrons. The summed E-state index contributed by atoms with van der Waals surface area (Å²) < 4.78 is 0. The monoisotopic (exact) mass is 490 g/mol. The van der Waals surface area contributed by atoms with Gasteiger partial charge in [-0.1, -0.05) is 80.1 Å². The molecule has 0 aliphatic carbocycles. The van der Waals surface area contributed by atoms with Gasteiger partial charge in [0.1, 0.15) is 11.2 Å². The van der Waals surface area contributed by atoms with Crippen LogP contribution in [-0.4, -0.2) is 33.0 Å². The second-order valence-electron chi connectivity index (χ2n) is 9.47. The van der Waals surface area contributed by atoms with Gasteiger partial charge in [-0.15, -0.1) is 11.8 Å². The van der Waals surface area contributed by atoms with Gasteiger partial charge in [-0.05, 0) is 56.9 Å². The largest absolute Gasteiger partial charge is 0.382 e. The first-order valence-corrected chi connectivity index (χ1v) is 12.8. The van der Waals surface area contributed by atoms with Gasteiger partial charge in [0.05, 0.1) is 5.25 Å². The molecular formula is C30H34O4S. The molecule has 0 fully saturated rings. The highest BCUT2D eigenvalue weighted by Gasteiger charge is 2.30. The van der Waals surface area contributed by atoms with Crippen LogP contribution in [0.25, 0.3) is 0 Å². The number of benzene rings is 3. The molecule has 0 radical (unpaired) electrons. The molecule has 0 amide bonds. The Kier molecular flexibility index (Phi) is 8.37. The molecule has 4 nitrogen and oxygen atoms in total. The van der Waals surface area contributed by atoms with Crippen LogP contribution >= 0.6 is 11.8 Å². The van der Waals surface area contributed by atoms with Crippen LogP contribution in [0, 0.1) is 6.92 Å². The highest BCUT2D eigenvalue weighted by Crippen LogP contribution is 2.41. The van der Waals surface area contributed by atoms with Crippen LogP contribution in [0.2, 0.25) is 0 Å². The first kappa shape index (κ1) is 26.9. The van der Waals surface area contributed by atoms with Gasteiger partial charge in [-0.3, -0.25) is 9.59 Å². The fourth-order valence-corrected chi connectivity index (χ4v) is 4.79. The van der Waals surface area contributed by atoms with Crippen LogP contribution < -0.4 is 0 Å². The zero-order chi connectivity index (χ0) is 25.8. The summed E-state index contributed by atoms with van der Waals surface area (Å²) in [7, 11) is 0. The third-order valence-corrected chi connectivity index (χ3v) is 7.91. The summed E-state index contributed by atoms with van der Waals surface area (Å²) in [6.45, 7) is 8.70. The van der Waals surface area contributed by atoms with Crippen molar-refractivity contribution in [1.82, 2.24) is 0 Å². The van der Waals surface area contributed by atoms with E-state index in [0.29, 0.717) is 24.0 Å². The molecule has 0 bridgehead atoms. The quantitative estimate of drug-likeness (QED) is 0.248. The summed E-state index contributed by atoms with van der Waals surface area (Å²) in [6, 6.07) is 23.1. The molecule has 35 heavy (non-hydrogen) atoms. The van der Waals surface area contributed by atoms with Crippen LogP contribution in [0.5, 0.6) is 0 Å². The van der Waals surface area contributed by atoms with E-state index in [1.165, 1.54) is 19.4 Å². The van der Waals surface area contributed by atoms with Gasteiger partial charge in [-0.25, -0.2) is 0 Å². The molecule has 2 atom stereocenters. The average molecular weight is 491 g/mol. The number of hydrogen-bond acceptors (Lipinski definition) is 5. The molecule has 0 saturated heterocycles. The number of aryl methyl sites for hydroxylation is 1. The van der Waals surface area contributed by atoms with Crippen molar-refractivity contribution in [1.29, 1.82) is 0 Å². The number of carbonyl (C=O) groups is 2. The van der Waals surface area contributed by atoms with Gasteiger partial charge in [0.2, 0.25) is 0 Å². The zero-order valence-electron chi connectivity index (χ0n) is 21.0. The lowest BCUT2D eigenvalue weighted by Gasteiger charge is -2.22. The Morgan fingerprint density at radius 2 is 1.09 bits per heavy atom. The highest BCUT2D eigenvalue weighted by molar-refractivity contribution is 7.99. The van der Waals surface area contributed by atoms with Crippen LogP contribution in [0.4, 0.5) is 0 Å². The smallest absolute Gasteiger partial charge is 0.194 e. The van der Waals surface area contributed by atoms with E-state index in [1.54, 1.807) is 49.9 Å². The van der Waals surface area contributed by atoms with Crippen molar-refractivity contribution in [3.8, 4) is 0 Å². The van der Waals surface area contributed by atoms with Gasteiger partial charge in [0.15, 0.2) is 11.6 Å². The summed E-state index contributed by atoms with van der Waals surface area (Å²) in [5.74, 6) is -0.583. The van der Waals surface area contributed by atoms with Crippen LogP contribution in [-0.2, 0) is 0 Å². The molecule has 0 heterocycles. The van der Waals surface area contributed by atoms with Gasteiger partial charge in [-0.2, -0.15) is 0 Å². The molecule has 0 spiro atoms. The number of rotatable bonds is 10. The maximum Gasteiger partial charge on any atom is 0.194 e. The van der Waals surface area contributed by atoms with E-state index < -0.39 is 11.2 Å². The Bertz CT molecular complexity index is 1090. The Morgan fingerprint density at radius 3 is 1.43 bits per heavy atom. The second kappa shape index (κ2) is 10.9. The van der Waals surface area contributed by atoms with Crippen molar-refractivity contribution >= 4 is 23.3 Å². The van der Waals surface area contributed by atoms with Crippen LogP contribution in [0.3, 0.4) is 0 Å². The Morgan fingerprint density at radius 1 is 0.714 bits per heavy atom.